The third kappa shape index (κ3) is 4.07. The number of rotatable bonds is 4. The Labute approximate surface area is 179 Å². The molecule has 28 heavy (non-hydrogen) atoms. The van der Waals surface area contributed by atoms with E-state index in [1.807, 2.05) is 20.8 Å². The molecule has 0 saturated carbocycles. The Balaban J connectivity index is 1.75. The molecule has 10 heteroatoms. The van der Waals surface area contributed by atoms with Gasteiger partial charge in [0.15, 0.2) is 0 Å². The number of aryl methyl sites for hydroxylation is 1. The lowest BCUT2D eigenvalue weighted by atomic mass is 10.2. The van der Waals surface area contributed by atoms with Crippen molar-refractivity contribution in [2.75, 3.05) is 26.2 Å². The summed E-state index contributed by atoms with van der Waals surface area (Å²) in [5.41, 5.74) is 0.719. The maximum absolute atomic E-state index is 13.0. The SMILES string of the molecule is Cc1nc(C(C)C)sc1C(=O)N1CCN(S(=O)(=O)c2c(Cl)cccc2Cl)CC1. The summed E-state index contributed by atoms with van der Waals surface area (Å²) in [5.74, 6) is 0.155. The summed E-state index contributed by atoms with van der Waals surface area (Å²) in [7, 11) is -3.83. The van der Waals surface area contributed by atoms with E-state index in [0.717, 1.165) is 10.7 Å². The highest BCUT2D eigenvalue weighted by atomic mass is 35.5. The number of amides is 1. The molecular weight excluding hydrogens is 441 g/mol. The fourth-order valence-electron chi connectivity index (χ4n) is 3.00. The molecule has 1 saturated heterocycles. The largest absolute Gasteiger partial charge is 0.335 e. The predicted octanol–water partition coefficient (Wildman–Crippen LogP) is 4.03. The van der Waals surface area contributed by atoms with Crippen molar-refractivity contribution < 1.29 is 13.2 Å². The molecule has 1 aliphatic rings. The lowest BCUT2D eigenvalue weighted by molar-refractivity contribution is 0.0702. The summed E-state index contributed by atoms with van der Waals surface area (Å²) in [6.45, 7) is 6.87. The molecule has 0 bridgehead atoms. The second-order valence-corrected chi connectivity index (χ2v) is 10.6. The van der Waals surface area contributed by atoms with Crippen LogP contribution in [0.2, 0.25) is 10.0 Å². The highest BCUT2D eigenvalue weighted by Crippen LogP contribution is 2.32. The van der Waals surface area contributed by atoms with Crippen LogP contribution in [-0.2, 0) is 10.0 Å². The van der Waals surface area contributed by atoms with Crippen LogP contribution in [0.5, 0.6) is 0 Å². The van der Waals surface area contributed by atoms with E-state index in [0.29, 0.717) is 18.0 Å². The molecule has 0 atom stereocenters. The number of benzene rings is 1. The molecule has 0 spiro atoms. The van der Waals surface area contributed by atoms with Gasteiger partial charge >= 0.3 is 0 Å². The molecule has 1 aromatic heterocycles. The van der Waals surface area contributed by atoms with Crippen LogP contribution in [0.25, 0.3) is 0 Å². The minimum absolute atomic E-state index is 0.0852. The molecule has 0 aliphatic carbocycles. The first-order chi connectivity index (χ1) is 13.1. The molecule has 1 amide bonds. The summed E-state index contributed by atoms with van der Waals surface area (Å²) in [5, 5.41) is 1.11. The molecule has 6 nitrogen and oxygen atoms in total. The van der Waals surface area contributed by atoms with Gasteiger partial charge < -0.3 is 4.90 Å². The number of sulfonamides is 1. The standard InChI is InChI=1S/C18H21Cl2N3O3S2/c1-11(2)17-21-12(3)15(27-17)18(24)22-7-9-23(10-8-22)28(25,26)16-13(19)5-4-6-14(16)20/h4-6,11H,7-10H2,1-3H3. The average molecular weight is 462 g/mol. The van der Waals surface area contributed by atoms with Crippen LogP contribution in [0.3, 0.4) is 0 Å². The number of thiazole rings is 1. The van der Waals surface area contributed by atoms with E-state index in [2.05, 4.69) is 4.98 Å². The van der Waals surface area contributed by atoms with Crippen LogP contribution >= 0.6 is 34.5 Å². The highest BCUT2D eigenvalue weighted by molar-refractivity contribution is 7.89. The molecule has 3 rings (SSSR count). The number of carbonyl (C=O) groups excluding carboxylic acids is 1. The van der Waals surface area contributed by atoms with Crippen molar-refractivity contribution in [2.45, 2.75) is 31.6 Å². The first-order valence-corrected chi connectivity index (χ1v) is 11.8. The minimum atomic E-state index is -3.83. The van der Waals surface area contributed by atoms with Gasteiger partial charge in [0.25, 0.3) is 5.91 Å². The molecule has 152 valence electrons. The summed E-state index contributed by atoms with van der Waals surface area (Å²) in [6, 6.07) is 4.60. The van der Waals surface area contributed by atoms with E-state index in [1.54, 1.807) is 11.0 Å². The zero-order valence-electron chi connectivity index (χ0n) is 15.8. The number of nitrogens with zero attached hydrogens (tertiary/aromatic N) is 3. The summed E-state index contributed by atoms with van der Waals surface area (Å²) >= 11 is 13.6. The van der Waals surface area contributed by atoms with Crippen LogP contribution in [-0.4, -0.2) is 54.7 Å². The fraction of sp³-hybridized carbons (Fsp3) is 0.444. The van der Waals surface area contributed by atoms with E-state index in [-0.39, 0.29) is 39.9 Å². The number of piperazine rings is 1. The second-order valence-electron chi connectivity index (χ2n) is 6.87. The third-order valence-corrected chi connectivity index (χ3v) is 8.84. The molecule has 0 N–H and O–H groups in total. The summed E-state index contributed by atoms with van der Waals surface area (Å²) in [6.07, 6.45) is 0. The Hall–Kier alpha value is -1.19. The van der Waals surface area contributed by atoms with Gasteiger partial charge in [-0.05, 0) is 19.1 Å². The van der Waals surface area contributed by atoms with Gasteiger partial charge in [-0.15, -0.1) is 11.3 Å². The summed E-state index contributed by atoms with van der Waals surface area (Å²) in [4.78, 5) is 19.6. The van der Waals surface area contributed by atoms with Crippen molar-refractivity contribution >= 4 is 50.5 Å². The predicted molar refractivity (Wildman–Crippen MR) is 112 cm³/mol. The second kappa shape index (κ2) is 8.28. The Bertz CT molecular complexity index is 977. The third-order valence-electron chi connectivity index (χ3n) is 4.54. The zero-order chi connectivity index (χ0) is 20.6. The van der Waals surface area contributed by atoms with E-state index < -0.39 is 10.0 Å². The first kappa shape index (κ1) is 21.5. The minimum Gasteiger partial charge on any atom is -0.335 e. The van der Waals surface area contributed by atoms with Crippen molar-refractivity contribution in [1.29, 1.82) is 0 Å². The molecule has 1 aliphatic heterocycles. The lowest BCUT2D eigenvalue weighted by Gasteiger charge is -2.34. The Morgan fingerprint density at radius 2 is 1.71 bits per heavy atom. The molecule has 0 unspecified atom stereocenters. The van der Waals surface area contributed by atoms with Gasteiger partial charge in [-0.3, -0.25) is 4.79 Å². The first-order valence-electron chi connectivity index (χ1n) is 8.83. The normalized spacial score (nSPS) is 16.0. The number of carbonyl (C=O) groups is 1. The maximum atomic E-state index is 13.0. The van der Waals surface area contributed by atoms with Crippen molar-refractivity contribution in [2.24, 2.45) is 0 Å². The zero-order valence-corrected chi connectivity index (χ0v) is 18.9. The number of halogens is 2. The number of aromatic nitrogens is 1. The quantitative estimate of drug-likeness (QED) is 0.688. The van der Waals surface area contributed by atoms with Gasteiger partial charge in [0.2, 0.25) is 10.0 Å². The van der Waals surface area contributed by atoms with Crippen molar-refractivity contribution in [3.63, 3.8) is 0 Å². The number of hydrogen-bond acceptors (Lipinski definition) is 5. The monoisotopic (exact) mass is 461 g/mol. The smallest absolute Gasteiger partial charge is 0.265 e. The van der Waals surface area contributed by atoms with Crippen LogP contribution in [0.15, 0.2) is 23.1 Å². The Morgan fingerprint density at radius 1 is 1.14 bits per heavy atom. The van der Waals surface area contributed by atoms with Gasteiger partial charge in [0, 0.05) is 32.1 Å². The van der Waals surface area contributed by atoms with E-state index >= 15 is 0 Å². The molecule has 2 aromatic rings. The van der Waals surface area contributed by atoms with Gasteiger partial charge in [0.1, 0.15) is 9.77 Å². The number of hydrogen-bond donors (Lipinski definition) is 0. The molecule has 0 radical (unpaired) electrons. The molecule has 2 heterocycles. The van der Waals surface area contributed by atoms with Crippen LogP contribution < -0.4 is 0 Å². The summed E-state index contributed by atoms with van der Waals surface area (Å²) < 4.78 is 27.2. The Kier molecular flexibility index (Phi) is 6.36. The van der Waals surface area contributed by atoms with Crippen LogP contribution in [0.4, 0.5) is 0 Å². The van der Waals surface area contributed by atoms with Crippen molar-refractivity contribution in [3.8, 4) is 0 Å². The topological polar surface area (TPSA) is 70.6 Å². The lowest BCUT2D eigenvalue weighted by Crippen LogP contribution is -2.50. The maximum Gasteiger partial charge on any atom is 0.265 e. The molecule has 1 fully saturated rings. The molecular formula is C18H21Cl2N3O3S2. The fourth-order valence-corrected chi connectivity index (χ4v) is 6.55. The Morgan fingerprint density at radius 3 is 2.21 bits per heavy atom. The van der Waals surface area contributed by atoms with E-state index in [1.165, 1.54) is 27.8 Å². The molecule has 1 aromatic carbocycles. The van der Waals surface area contributed by atoms with Crippen molar-refractivity contribution in [3.05, 3.63) is 43.8 Å². The van der Waals surface area contributed by atoms with E-state index in [4.69, 9.17) is 23.2 Å². The van der Waals surface area contributed by atoms with E-state index in [9.17, 15) is 13.2 Å². The van der Waals surface area contributed by atoms with Gasteiger partial charge in [-0.25, -0.2) is 13.4 Å². The van der Waals surface area contributed by atoms with Crippen molar-refractivity contribution in [1.82, 2.24) is 14.2 Å². The van der Waals surface area contributed by atoms with Gasteiger partial charge in [-0.2, -0.15) is 4.31 Å². The van der Waals surface area contributed by atoms with Gasteiger partial charge in [-0.1, -0.05) is 43.1 Å². The van der Waals surface area contributed by atoms with Crippen LogP contribution in [0, 0.1) is 6.92 Å². The van der Waals surface area contributed by atoms with Gasteiger partial charge in [0.05, 0.1) is 20.7 Å². The highest BCUT2D eigenvalue weighted by Gasteiger charge is 2.34. The average Bonchev–Trinajstić information content (AvgIpc) is 3.03. The van der Waals surface area contributed by atoms with Crippen LogP contribution in [0.1, 0.15) is 40.1 Å².